The monoisotopic (exact) mass is 634 g/mol. The van der Waals surface area contributed by atoms with E-state index in [1.165, 1.54) is 20.8 Å². The third kappa shape index (κ3) is 47.3. The number of nitrogens with two attached hydrogens (primary N) is 1. The number of hydrogen-bond acceptors (Lipinski definition) is 3. The van der Waals surface area contributed by atoms with Crippen LogP contribution in [0, 0.1) is 12.4 Å². The Labute approximate surface area is 239 Å². The summed E-state index contributed by atoms with van der Waals surface area (Å²) in [6.07, 6.45) is 0. The summed E-state index contributed by atoms with van der Waals surface area (Å²) < 4.78 is 14.6. The van der Waals surface area contributed by atoms with Crippen molar-refractivity contribution in [2.75, 3.05) is 0 Å². The normalized spacial score (nSPS) is 9.69. The molecule has 0 saturated heterocycles. The molecule has 0 aliphatic heterocycles. The van der Waals surface area contributed by atoms with Crippen LogP contribution in [0.3, 0.4) is 0 Å². The van der Waals surface area contributed by atoms with Gasteiger partial charge in [0.25, 0.3) is 0 Å². The van der Waals surface area contributed by atoms with E-state index in [2.05, 4.69) is 10.2 Å². The van der Waals surface area contributed by atoms with Crippen molar-refractivity contribution in [1.82, 2.24) is 5.32 Å². The first-order chi connectivity index (χ1) is 14.7. The molecule has 7 heteroatoms. The summed E-state index contributed by atoms with van der Waals surface area (Å²) in [5, 5.41) is 2.49. The van der Waals surface area contributed by atoms with Crippen LogP contribution >= 0.6 is 22.6 Å². The number of carbonyl (C=O) groups is 2. The van der Waals surface area contributed by atoms with Crippen LogP contribution in [0.2, 0.25) is 0 Å². The molecule has 0 aliphatic carbocycles. The Balaban J connectivity index is -0.0000000594. The molecule has 3 N–H and O–H groups in total. The fourth-order valence-corrected chi connectivity index (χ4v) is 1.30. The molecular formula is C25H43IN2O2V2-2. The van der Waals surface area contributed by atoms with Crippen molar-refractivity contribution >= 4 is 34.3 Å². The zero-order valence-corrected chi connectivity index (χ0v) is 25.8. The second-order valence-electron chi connectivity index (χ2n) is 4.74. The third-order valence-electron chi connectivity index (χ3n) is 2.23. The van der Waals surface area contributed by atoms with E-state index in [4.69, 9.17) is 8.48 Å². The molecular weight excluding hydrogens is 589 g/mol. The minimum Gasteiger partial charge on any atom is -0.358 e. The maximum Gasteiger partial charge on any atom is 0.217 e. The van der Waals surface area contributed by atoms with Gasteiger partial charge in [-0.05, 0) is 25.0 Å². The average molecular weight is 634 g/mol. The molecule has 0 bridgehead atoms. The van der Waals surface area contributed by atoms with Gasteiger partial charge in [-0.25, -0.2) is 0 Å². The third-order valence-corrected chi connectivity index (χ3v) is 2.23. The van der Waals surface area contributed by atoms with Gasteiger partial charge in [-0.1, -0.05) is 88.4 Å². The van der Waals surface area contributed by atoms with Crippen LogP contribution in [-0.2, 0) is 59.7 Å². The summed E-state index contributed by atoms with van der Waals surface area (Å²) in [4.78, 5) is 23.3. The van der Waals surface area contributed by atoms with Crippen molar-refractivity contribution in [1.29, 1.82) is 0 Å². The van der Waals surface area contributed by atoms with E-state index in [0.29, 0.717) is 0 Å². The van der Waals surface area contributed by atoms with E-state index < -0.39 is 13.0 Å². The number of benzene rings is 2. The van der Waals surface area contributed by atoms with Gasteiger partial charge in [-0.2, -0.15) is 0 Å². The van der Waals surface area contributed by atoms with Crippen LogP contribution in [-0.4, -0.2) is 11.7 Å². The van der Waals surface area contributed by atoms with Crippen molar-refractivity contribution in [3.05, 3.63) is 84.1 Å². The Morgan fingerprint density at radius 2 is 1.12 bits per heavy atom. The molecule has 0 spiro atoms. The van der Waals surface area contributed by atoms with E-state index in [1.807, 2.05) is 111 Å². The number of halogens is 1. The molecule has 32 heavy (non-hydrogen) atoms. The molecule has 1 amide bonds. The molecule has 2 rings (SSSR count). The smallest absolute Gasteiger partial charge is 0.217 e. The Morgan fingerprint density at radius 3 is 1.34 bits per heavy atom. The molecule has 0 saturated carbocycles. The van der Waals surface area contributed by atoms with E-state index in [-0.39, 0.29) is 56.2 Å². The first-order valence-corrected chi connectivity index (χ1v) is 11.0. The molecule has 2 unspecified atom stereocenters. The predicted molar refractivity (Wildman–Crippen MR) is 143 cm³/mol. The number of amides is 1. The van der Waals surface area contributed by atoms with Crippen LogP contribution < -0.4 is 11.1 Å². The Bertz CT molecular complexity index is 635. The number of Topliss-reactive ketones (excluding diaryl/α,β-unsaturated/α-hetero) is 1. The van der Waals surface area contributed by atoms with Gasteiger partial charge < -0.3 is 45.9 Å². The molecule has 2 aromatic rings. The quantitative estimate of drug-likeness (QED) is 0.289. The zero-order chi connectivity index (χ0) is 25.2. The van der Waals surface area contributed by atoms with E-state index in [9.17, 15) is 9.59 Å². The van der Waals surface area contributed by atoms with Crippen molar-refractivity contribution in [2.24, 2.45) is 5.73 Å². The van der Waals surface area contributed by atoms with Crippen LogP contribution in [0.4, 0.5) is 0 Å². The van der Waals surface area contributed by atoms with Gasteiger partial charge in [0.1, 0.15) is 5.78 Å². The number of hydrogen-bond donors (Lipinski definition) is 2. The molecule has 2 aromatic carbocycles. The molecule has 0 heterocycles. The van der Waals surface area contributed by atoms with Crippen molar-refractivity contribution < 1.29 is 49.4 Å². The molecule has 2 atom stereocenters. The fourth-order valence-electron chi connectivity index (χ4n) is 1.30. The summed E-state index contributed by atoms with van der Waals surface area (Å²) in [6, 6.07) is 18.6. The summed E-state index contributed by atoms with van der Waals surface area (Å²) in [5.74, 6) is -0.0150. The first kappa shape index (κ1) is 41.7. The number of rotatable bonds is 3. The van der Waals surface area contributed by atoms with Crippen molar-refractivity contribution in [3.8, 4) is 0 Å². The van der Waals surface area contributed by atoms with Gasteiger partial charge >= 0.3 is 0 Å². The largest absolute Gasteiger partial charge is 0.358 e. The van der Waals surface area contributed by atoms with Gasteiger partial charge in [-0.3, -0.25) is 9.73 Å². The van der Waals surface area contributed by atoms with Crippen LogP contribution in [0.25, 0.3) is 0 Å². The SMILES string of the molecule is CC.CC.CC(C)=O.[2H]C(N)c1ccccc1.[2H]C(NC(C)=O)c1ccccc1.[CH2-]I.[CH3-].[V].[V]. The summed E-state index contributed by atoms with van der Waals surface area (Å²) in [6.45, 7) is 11.2. The van der Waals surface area contributed by atoms with Crippen LogP contribution in [0.15, 0.2) is 60.7 Å². The number of carbonyl (C=O) groups excluding carboxylic acids is 2. The Morgan fingerprint density at radius 1 is 0.844 bits per heavy atom. The Kier molecular flexibility index (Phi) is 57.5. The summed E-state index contributed by atoms with van der Waals surface area (Å²) >= 11 is 1.90. The zero-order valence-electron chi connectivity index (χ0n) is 22.8. The number of nitrogens with one attached hydrogen (secondary N) is 1. The summed E-state index contributed by atoms with van der Waals surface area (Å²) in [7, 11) is 0. The van der Waals surface area contributed by atoms with Gasteiger partial charge in [0.05, 0.1) is 1.37 Å². The first-order valence-electron chi connectivity index (χ1n) is 10.6. The molecule has 4 nitrogen and oxygen atoms in total. The van der Waals surface area contributed by atoms with Gasteiger partial charge in [0, 0.05) is 58.4 Å². The maximum absolute atomic E-state index is 10.6. The van der Waals surface area contributed by atoms with E-state index in [0.717, 1.165) is 11.1 Å². The fraction of sp³-hybridized carbons (Fsp3) is 0.360. The predicted octanol–water partition coefficient (Wildman–Crippen LogP) is 6.77. The van der Waals surface area contributed by atoms with Crippen molar-refractivity contribution in [2.45, 2.75) is 61.5 Å². The minimum atomic E-state index is -0.649. The molecule has 0 aromatic heterocycles. The standard InChI is InChI=1S/C9H11NO.C7H9N.C3H6O.2C2H6.CH2I.CH3.2V/c1-8(11)10-7-9-5-3-2-4-6-9;8-6-7-4-2-1-3-5-7;1-3(2)4;3*1-2;;;/h2-6H,7H2,1H3,(H,10,11);1-5H,6,8H2;1-2H3;2*1-2H3;1H2;1H3;;/q;;;;;2*-1;;/i7D;6D;;;;;;;. The van der Waals surface area contributed by atoms with Crippen LogP contribution in [0.5, 0.6) is 0 Å². The number of ketones is 1. The van der Waals surface area contributed by atoms with Gasteiger partial charge in [-0.15, -0.1) is 0 Å². The average Bonchev–Trinajstić information content (AvgIpc) is 2.79. The van der Waals surface area contributed by atoms with Crippen LogP contribution in [0.1, 0.15) is 62.3 Å². The minimum absolute atomic E-state index is 0. The molecule has 184 valence electrons. The summed E-state index contributed by atoms with van der Waals surface area (Å²) in [5.41, 5.74) is 6.94. The second-order valence-corrected chi connectivity index (χ2v) is 4.74. The van der Waals surface area contributed by atoms with E-state index in [1.54, 1.807) is 0 Å². The topological polar surface area (TPSA) is 72.2 Å². The van der Waals surface area contributed by atoms with E-state index >= 15 is 0 Å². The van der Waals surface area contributed by atoms with Crippen molar-refractivity contribution in [3.63, 3.8) is 0 Å². The van der Waals surface area contributed by atoms with Gasteiger partial charge in [0.2, 0.25) is 5.91 Å². The molecule has 0 aliphatic rings. The Hall–Kier alpha value is -0.561. The second kappa shape index (κ2) is 44.2. The molecule has 2 radical (unpaired) electrons. The van der Waals surface area contributed by atoms with Gasteiger partial charge in [0.15, 0.2) is 0 Å². The maximum atomic E-state index is 10.6. The molecule has 0 fully saturated rings.